The molecule has 2 fully saturated rings. The summed E-state index contributed by atoms with van der Waals surface area (Å²) in [6.07, 6.45) is 9.46. The molecule has 0 radical (unpaired) electrons. The third-order valence-electron chi connectivity index (χ3n) is 3.89. The minimum Gasteiger partial charge on any atom is -0.381 e. The molecule has 0 aromatic carbocycles. The van der Waals surface area contributed by atoms with Crippen molar-refractivity contribution < 1.29 is 9.47 Å². The first-order chi connectivity index (χ1) is 8.40. The Balaban J connectivity index is 1.78. The van der Waals surface area contributed by atoms with Gasteiger partial charge in [0.1, 0.15) is 0 Å². The fourth-order valence-corrected chi connectivity index (χ4v) is 2.88. The van der Waals surface area contributed by atoms with E-state index in [-0.39, 0.29) is 0 Å². The predicted octanol–water partition coefficient (Wildman–Crippen LogP) is 2.49. The fourth-order valence-electron chi connectivity index (χ4n) is 2.88. The van der Waals surface area contributed by atoms with E-state index < -0.39 is 0 Å². The third-order valence-corrected chi connectivity index (χ3v) is 3.89. The molecule has 3 nitrogen and oxygen atoms in total. The van der Waals surface area contributed by atoms with Gasteiger partial charge in [-0.25, -0.2) is 0 Å². The first-order valence-electron chi connectivity index (χ1n) is 7.36. The lowest BCUT2D eigenvalue weighted by atomic mass is 9.92. The molecule has 3 heteroatoms. The molecule has 0 amide bonds. The molecule has 2 rings (SSSR count). The Hall–Kier alpha value is -0.120. The van der Waals surface area contributed by atoms with Gasteiger partial charge in [-0.2, -0.15) is 0 Å². The SMILES string of the molecule is CCCNC1CCCCC1OC1CCOCC1. The average molecular weight is 241 g/mol. The number of nitrogens with one attached hydrogen (secondary N) is 1. The van der Waals surface area contributed by atoms with Crippen LogP contribution in [0.25, 0.3) is 0 Å². The molecular weight excluding hydrogens is 214 g/mol. The van der Waals surface area contributed by atoms with Crippen molar-refractivity contribution >= 4 is 0 Å². The van der Waals surface area contributed by atoms with Crippen molar-refractivity contribution in [2.24, 2.45) is 0 Å². The standard InChI is InChI=1S/C14H27NO2/c1-2-9-15-13-5-3-4-6-14(13)17-12-7-10-16-11-8-12/h12-15H,2-11H2,1H3. The van der Waals surface area contributed by atoms with Gasteiger partial charge < -0.3 is 14.8 Å². The highest BCUT2D eigenvalue weighted by Crippen LogP contribution is 2.24. The number of hydrogen-bond acceptors (Lipinski definition) is 3. The fraction of sp³-hybridized carbons (Fsp3) is 1.00. The van der Waals surface area contributed by atoms with E-state index in [1.807, 2.05) is 0 Å². The molecule has 2 atom stereocenters. The Labute approximate surface area is 105 Å². The van der Waals surface area contributed by atoms with E-state index in [9.17, 15) is 0 Å². The van der Waals surface area contributed by atoms with Crippen LogP contribution in [-0.4, -0.2) is 38.0 Å². The van der Waals surface area contributed by atoms with Crippen molar-refractivity contribution in [2.75, 3.05) is 19.8 Å². The molecule has 0 bridgehead atoms. The van der Waals surface area contributed by atoms with Crippen LogP contribution in [0.3, 0.4) is 0 Å². The van der Waals surface area contributed by atoms with Crippen molar-refractivity contribution in [3.05, 3.63) is 0 Å². The van der Waals surface area contributed by atoms with Gasteiger partial charge in [0.25, 0.3) is 0 Å². The maximum absolute atomic E-state index is 6.30. The second-order valence-corrected chi connectivity index (χ2v) is 5.33. The van der Waals surface area contributed by atoms with Gasteiger partial charge in [-0.15, -0.1) is 0 Å². The second kappa shape index (κ2) is 7.34. The lowest BCUT2D eigenvalue weighted by Gasteiger charge is -2.36. The van der Waals surface area contributed by atoms with Crippen LogP contribution < -0.4 is 5.32 Å². The van der Waals surface area contributed by atoms with Gasteiger partial charge in [-0.05, 0) is 38.6 Å². The molecular formula is C14H27NO2. The number of ether oxygens (including phenoxy) is 2. The minimum absolute atomic E-state index is 0.442. The predicted molar refractivity (Wildman–Crippen MR) is 69.3 cm³/mol. The summed E-state index contributed by atoms with van der Waals surface area (Å²) in [5.41, 5.74) is 0. The van der Waals surface area contributed by atoms with Crippen LogP contribution in [0.15, 0.2) is 0 Å². The highest BCUT2D eigenvalue weighted by atomic mass is 16.5. The maximum Gasteiger partial charge on any atom is 0.0731 e. The lowest BCUT2D eigenvalue weighted by molar-refractivity contribution is -0.0884. The van der Waals surface area contributed by atoms with Crippen LogP contribution in [0.1, 0.15) is 51.9 Å². The van der Waals surface area contributed by atoms with Gasteiger partial charge in [-0.3, -0.25) is 0 Å². The van der Waals surface area contributed by atoms with Gasteiger partial charge in [0.05, 0.1) is 12.2 Å². The van der Waals surface area contributed by atoms with Crippen molar-refractivity contribution in [2.45, 2.75) is 70.1 Å². The molecule has 2 aliphatic rings. The second-order valence-electron chi connectivity index (χ2n) is 5.33. The first-order valence-corrected chi connectivity index (χ1v) is 7.36. The summed E-state index contributed by atoms with van der Waals surface area (Å²) in [7, 11) is 0. The van der Waals surface area contributed by atoms with E-state index in [0.717, 1.165) is 32.6 Å². The largest absolute Gasteiger partial charge is 0.381 e. The van der Waals surface area contributed by atoms with Crippen molar-refractivity contribution in [1.29, 1.82) is 0 Å². The molecule has 1 N–H and O–H groups in total. The third kappa shape index (κ3) is 4.23. The van der Waals surface area contributed by atoms with Crippen molar-refractivity contribution in [1.82, 2.24) is 5.32 Å². The van der Waals surface area contributed by atoms with Crippen LogP contribution in [0.4, 0.5) is 0 Å². The summed E-state index contributed by atoms with van der Waals surface area (Å²) in [5.74, 6) is 0. The smallest absolute Gasteiger partial charge is 0.0731 e. The van der Waals surface area contributed by atoms with E-state index in [2.05, 4.69) is 12.2 Å². The van der Waals surface area contributed by atoms with E-state index in [1.54, 1.807) is 0 Å². The summed E-state index contributed by atoms with van der Waals surface area (Å²) in [6.45, 7) is 5.11. The summed E-state index contributed by atoms with van der Waals surface area (Å²) < 4.78 is 11.7. The average Bonchev–Trinajstić information content (AvgIpc) is 2.39. The molecule has 1 aliphatic carbocycles. The summed E-state index contributed by atoms with van der Waals surface area (Å²) >= 11 is 0. The summed E-state index contributed by atoms with van der Waals surface area (Å²) in [5, 5.41) is 3.65. The topological polar surface area (TPSA) is 30.5 Å². The first kappa shape index (κ1) is 13.3. The highest BCUT2D eigenvalue weighted by Gasteiger charge is 2.28. The molecule has 1 saturated heterocycles. The maximum atomic E-state index is 6.30. The van der Waals surface area contributed by atoms with Gasteiger partial charge >= 0.3 is 0 Å². The van der Waals surface area contributed by atoms with Crippen LogP contribution in [0, 0.1) is 0 Å². The Kier molecular flexibility index (Phi) is 5.75. The zero-order valence-electron chi connectivity index (χ0n) is 11.1. The van der Waals surface area contributed by atoms with Crippen LogP contribution >= 0.6 is 0 Å². The van der Waals surface area contributed by atoms with E-state index in [0.29, 0.717) is 18.2 Å². The van der Waals surface area contributed by atoms with Crippen molar-refractivity contribution in [3.8, 4) is 0 Å². The van der Waals surface area contributed by atoms with Gasteiger partial charge in [-0.1, -0.05) is 19.8 Å². The number of rotatable bonds is 5. The zero-order chi connectivity index (χ0) is 11.9. The molecule has 1 heterocycles. The molecule has 2 unspecified atom stereocenters. The molecule has 1 saturated carbocycles. The van der Waals surface area contributed by atoms with Crippen LogP contribution in [0.5, 0.6) is 0 Å². The minimum atomic E-state index is 0.442. The molecule has 100 valence electrons. The normalized spacial score (nSPS) is 31.6. The van der Waals surface area contributed by atoms with E-state index >= 15 is 0 Å². The van der Waals surface area contributed by atoms with Crippen LogP contribution in [-0.2, 0) is 9.47 Å². The lowest BCUT2D eigenvalue weighted by Crippen LogP contribution is -2.46. The summed E-state index contributed by atoms with van der Waals surface area (Å²) in [6, 6.07) is 0.589. The molecule has 0 aromatic rings. The monoisotopic (exact) mass is 241 g/mol. The molecule has 0 aromatic heterocycles. The number of hydrogen-bond donors (Lipinski definition) is 1. The molecule has 1 aliphatic heterocycles. The summed E-state index contributed by atoms with van der Waals surface area (Å²) in [4.78, 5) is 0. The van der Waals surface area contributed by atoms with Crippen molar-refractivity contribution in [3.63, 3.8) is 0 Å². The van der Waals surface area contributed by atoms with E-state index in [4.69, 9.17) is 9.47 Å². The van der Waals surface area contributed by atoms with Gasteiger partial charge in [0.2, 0.25) is 0 Å². The Morgan fingerprint density at radius 3 is 2.65 bits per heavy atom. The zero-order valence-corrected chi connectivity index (χ0v) is 11.1. The van der Waals surface area contributed by atoms with E-state index in [1.165, 1.54) is 32.1 Å². The quantitative estimate of drug-likeness (QED) is 0.802. The van der Waals surface area contributed by atoms with Gasteiger partial charge in [0, 0.05) is 19.3 Å². The molecule has 17 heavy (non-hydrogen) atoms. The highest BCUT2D eigenvalue weighted by molar-refractivity contribution is 4.83. The van der Waals surface area contributed by atoms with Gasteiger partial charge in [0.15, 0.2) is 0 Å². The Morgan fingerprint density at radius 1 is 1.12 bits per heavy atom. The Bertz CT molecular complexity index is 204. The molecule has 0 spiro atoms. The Morgan fingerprint density at radius 2 is 1.88 bits per heavy atom. The van der Waals surface area contributed by atoms with Crippen LogP contribution in [0.2, 0.25) is 0 Å².